The predicted molar refractivity (Wildman–Crippen MR) is 93.4 cm³/mol. The SMILES string of the molecule is CCCCCCCCCN(CC#N)C1C=Cc2ccccc21. The second-order valence-corrected chi connectivity index (χ2v) is 6.18. The second kappa shape index (κ2) is 9.43. The minimum absolute atomic E-state index is 0.288. The first-order valence-corrected chi connectivity index (χ1v) is 8.75. The van der Waals surface area contributed by atoms with Crippen LogP contribution >= 0.6 is 0 Å². The molecule has 0 aromatic heterocycles. The van der Waals surface area contributed by atoms with Crippen LogP contribution < -0.4 is 0 Å². The topological polar surface area (TPSA) is 27.0 Å². The average molecular weight is 296 g/mol. The summed E-state index contributed by atoms with van der Waals surface area (Å²) in [7, 11) is 0. The van der Waals surface area contributed by atoms with Crippen molar-refractivity contribution in [3.8, 4) is 6.07 Å². The molecule has 1 unspecified atom stereocenters. The van der Waals surface area contributed by atoms with E-state index in [1.165, 1.54) is 56.1 Å². The van der Waals surface area contributed by atoms with E-state index in [4.69, 9.17) is 5.26 Å². The largest absolute Gasteiger partial charge is 0.280 e. The highest BCUT2D eigenvalue weighted by atomic mass is 15.1. The normalized spacial score (nSPS) is 16.0. The summed E-state index contributed by atoms with van der Waals surface area (Å²) in [5, 5.41) is 9.13. The Labute approximate surface area is 135 Å². The molecule has 0 bridgehead atoms. The van der Waals surface area contributed by atoms with Crippen LogP contribution in [0.4, 0.5) is 0 Å². The molecular weight excluding hydrogens is 268 g/mol. The Kier molecular flexibility index (Phi) is 7.19. The number of rotatable bonds is 10. The standard InChI is InChI=1S/C20H28N2/c1-2-3-4-5-6-7-10-16-22(17-15-21)20-14-13-18-11-8-9-12-19(18)20/h8-9,11-14,20H,2-7,10,16-17H2,1H3. The Hall–Kier alpha value is -1.59. The number of hydrogen-bond donors (Lipinski definition) is 0. The van der Waals surface area contributed by atoms with E-state index in [2.05, 4.69) is 54.3 Å². The van der Waals surface area contributed by atoms with Crippen molar-refractivity contribution in [2.24, 2.45) is 0 Å². The van der Waals surface area contributed by atoms with Crippen molar-refractivity contribution < 1.29 is 0 Å². The molecule has 2 nitrogen and oxygen atoms in total. The lowest BCUT2D eigenvalue weighted by atomic mass is 10.0. The Morgan fingerprint density at radius 3 is 2.55 bits per heavy atom. The van der Waals surface area contributed by atoms with E-state index in [0.29, 0.717) is 6.54 Å². The highest BCUT2D eigenvalue weighted by Gasteiger charge is 2.22. The van der Waals surface area contributed by atoms with E-state index >= 15 is 0 Å². The number of nitrogens with zero attached hydrogens (tertiary/aromatic N) is 2. The van der Waals surface area contributed by atoms with Gasteiger partial charge in [-0.3, -0.25) is 4.90 Å². The summed E-state index contributed by atoms with van der Waals surface area (Å²) in [6.45, 7) is 3.79. The monoisotopic (exact) mass is 296 g/mol. The first-order chi connectivity index (χ1) is 10.9. The zero-order chi connectivity index (χ0) is 15.6. The quantitative estimate of drug-likeness (QED) is 0.431. The maximum atomic E-state index is 9.13. The molecule has 0 saturated heterocycles. The van der Waals surface area contributed by atoms with Gasteiger partial charge in [0, 0.05) is 6.54 Å². The van der Waals surface area contributed by atoms with Crippen LogP contribution in [0, 0.1) is 11.3 Å². The molecule has 1 aromatic rings. The van der Waals surface area contributed by atoms with E-state index in [1.54, 1.807) is 0 Å². The Bertz CT molecular complexity index is 513. The van der Waals surface area contributed by atoms with Crippen LogP contribution in [-0.4, -0.2) is 18.0 Å². The number of hydrogen-bond acceptors (Lipinski definition) is 2. The van der Waals surface area contributed by atoms with Crippen molar-refractivity contribution in [1.29, 1.82) is 5.26 Å². The molecule has 1 aliphatic rings. The van der Waals surface area contributed by atoms with Gasteiger partial charge in [-0.1, -0.05) is 81.9 Å². The smallest absolute Gasteiger partial charge is 0.0873 e. The Morgan fingerprint density at radius 2 is 1.77 bits per heavy atom. The van der Waals surface area contributed by atoms with Gasteiger partial charge in [-0.2, -0.15) is 5.26 Å². The van der Waals surface area contributed by atoms with Gasteiger partial charge < -0.3 is 0 Å². The molecule has 0 N–H and O–H groups in total. The third kappa shape index (κ3) is 4.71. The van der Waals surface area contributed by atoms with Gasteiger partial charge >= 0.3 is 0 Å². The minimum Gasteiger partial charge on any atom is -0.280 e. The first kappa shape index (κ1) is 16.8. The molecule has 0 radical (unpaired) electrons. The molecule has 118 valence electrons. The summed E-state index contributed by atoms with van der Waals surface area (Å²) >= 11 is 0. The third-order valence-electron chi connectivity index (χ3n) is 4.49. The molecule has 2 rings (SSSR count). The molecule has 2 heteroatoms. The maximum Gasteiger partial charge on any atom is 0.0873 e. The molecule has 0 saturated carbocycles. The van der Waals surface area contributed by atoms with Crippen LogP contribution in [0.2, 0.25) is 0 Å². The van der Waals surface area contributed by atoms with Gasteiger partial charge in [0.25, 0.3) is 0 Å². The number of unbranched alkanes of at least 4 members (excludes halogenated alkanes) is 6. The first-order valence-electron chi connectivity index (χ1n) is 8.75. The van der Waals surface area contributed by atoms with Crippen molar-refractivity contribution in [2.45, 2.75) is 57.9 Å². The molecule has 0 amide bonds. The summed E-state index contributed by atoms with van der Waals surface area (Å²) in [6, 6.07) is 11.1. The Balaban J connectivity index is 1.79. The van der Waals surface area contributed by atoms with E-state index in [9.17, 15) is 0 Å². The van der Waals surface area contributed by atoms with Crippen LogP contribution in [0.1, 0.15) is 69.0 Å². The molecular formula is C20H28N2. The highest BCUT2D eigenvalue weighted by Crippen LogP contribution is 2.32. The molecule has 1 aromatic carbocycles. The van der Waals surface area contributed by atoms with Crippen LogP contribution in [0.5, 0.6) is 0 Å². The van der Waals surface area contributed by atoms with Crippen LogP contribution in [-0.2, 0) is 0 Å². The zero-order valence-electron chi connectivity index (χ0n) is 13.8. The van der Waals surface area contributed by atoms with Gasteiger partial charge in [0.2, 0.25) is 0 Å². The van der Waals surface area contributed by atoms with E-state index in [-0.39, 0.29) is 6.04 Å². The molecule has 0 fully saturated rings. The maximum absolute atomic E-state index is 9.13. The molecule has 0 aliphatic heterocycles. The third-order valence-corrected chi connectivity index (χ3v) is 4.49. The minimum atomic E-state index is 0.288. The average Bonchev–Trinajstić information content (AvgIpc) is 2.97. The number of nitriles is 1. The second-order valence-electron chi connectivity index (χ2n) is 6.18. The molecule has 1 atom stereocenters. The predicted octanol–water partition coefficient (Wildman–Crippen LogP) is 5.33. The molecule has 1 aliphatic carbocycles. The van der Waals surface area contributed by atoms with Crippen molar-refractivity contribution in [3.05, 3.63) is 41.5 Å². The van der Waals surface area contributed by atoms with Gasteiger partial charge in [-0.15, -0.1) is 0 Å². The van der Waals surface area contributed by atoms with Crippen molar-refractivity contribution in [2.75, 3.05) is 13.1 Å². The van der Waals surface area contributed by atoms with Gasteiger partial charge in [0.05, 0.1) is 18.7 Å². The van der Waals surface area contributed by atoms with Gasteiger partial charge in [0.1, 0.15) is 0 Å². The van der Waals surface area contributed by atoms with Crippen molar-refractivity contribution >= 4 is 6.08 Å². The van der Waals surface area contributed by atoms with Crippen molar-refractivity contribution in [3.63, 3.8) is 0 Å². The van der Waals surface area contributed by atoms with Gasteiger partial charge in [0.15, 0.2) is 0 Å². The summed E-state index contributed by atoms with van der Waals surface area (Å²) in [4.78, 5) is 2.31. The molecule has 0 heterocycles. The van der Waals surface area contributed by atoms with E-state index in [0.717, 1.165) is 6.54 Å². The summed E-state index contributed by atoms with van der Waals surface area (Å²) < 4.78 is 0. The summed E-state index contributed by atoms with van der Waals surface area (Å²) in [5.74, 6) is 0. The summed E-state index contributed by atoms with van der Waals surface area (Å²) in [6.07, 6.45) is 13.6. The van der Waals surface area contributed by atoms with E-state index < -0.39 is 0 Å². The van der Waals surface area contributed by atoms with Gasteiger partial charge in [-0.25, -0.2) is 0 Å². The summed E-state index contributed by atoms with van der Waals surface area (Å²) in [5.41, 5.74) is 2.65. The molecule has 0 spiro atoms. The highest BCUT2D eigenvalue weighted by molar-refractivity contribution is 5.61. The lowest BCUT2D eigenvalue weighted by Crippen LogP contribution is -2.28. The molecule has 22 heavy (non-hydrogen) atoms. The fourth-order valence-corrected chi connectivity index (χ4v) is 3.23. The number of fused-ring (bicyclic) bond motifs is 1. The number of benzene rings is 1. The van der Waals surface area contributed by atoms with Crippen molar-refractivity contribution in [1.82, 2.24) is 4.90 Å². The lowest BCUT2D eigenvalue weighted by Gasteiger charge is -2.26. The zero-order valence-corrected chi connectivity index (χ0v) is 13.8. The lowest BCUT2D eigenvalue weighted by molar-refractivity contribution is 0.255. The van der Waals surface area contributed by atoms with Gasteiger partial charge in [-0.05, 0) is 17.5 Å². The Morgan fingerprint density at radius 1 is 1.05 bits per heavy atom. The van der Waals surface area contributed by atoms with Crippen LogP contribution in [0.25, 0.3) is 6.08 Å². The fourth-order valence-electron chi connectivity index (χ4n) is 3.23. The van der Waals surface area contributed by atoms with Crippen LogP contribution in [0.15, 0.2) is 30.3 Å². The van der Waals surface area contributed by atoms with E-state index in [1.807, 2.05) is 0 Å². The van der Waals surface area contributed by atoms with Crippen LogP contribution in [0.3, 0.4) is 0 Å². The fraction of sp³-hybridized carbons (Fsp3) is 0.550.